The molecule has 1 heterocycles. The molecular formula is C14H14ClN3O4S. The molecule has 0 aliphatic rings. The second kappa shape index (κ2) is 7.89. The average molecular weight is 356 g/mol. The van der Waals surface area contributed by atoms with E-state index in [1.165, 1.54) is 26.5 Å². The third-order valence-electron chi connectivity index (χ3n) is 2.74. The summed E-state index contributed by atoms with van der Waals surface area (Å²) in [5.74, 6) is 0.651. The quantitative estimate of drug-likeness (QED) is 0.609. The van der Waals surface area contributed by atoms with Crippen LogP contribution in [0, 0.1) is 0 Å². The normalized spacial score (nSPS) is 10.2. The Bertz CT molecular complexity index is 766. The molecule has 2 N–H and O–H groups in total. The fraction of sp³-hybridized carbons (Fsp3) is 0.214. The highest BCUT2D eigenvalue weighted by Crippen LogP contribution is 2.35. The van der Waals surface area contributed by atoms with Gasteiger partial charge in [-0.2, -0.15) is 0 Å². The van der Waals surface area contributed by atoms with Gasteiger partial charge in [0.15, 0.2) is 5.16 Å². The number of hydrogen-bond donors (Lipinski definition) is 2. The number of rotatable bonds is 6. The van der Waals surface area contributed by atoms with Gasteiger partial charge in [-0.15, -0.1) is 0 Å². The van der Waals surface area contributed by atoms with Crippen molar-refractivity contribution in [2.75, 3.05) is 25.3 Å². The number of carbonyl (C=O) groups is 1. The Morgan fingerprint density at radius 1 is 1.35 bits per heavy atom. The zero-order valence-corrected chi connectivity index (χ0v) is 14.0. The second-order valence-electron chi connectivity index (χ2n) is 4.26. The maximum atomic E-state index is 12.0. The molecule has 23 heavy (non-hydrogen) atoms. The number of amides is 1. The van der Waals surface area contributed by atoms with Crippen LogP contribution in [-0.2, 0) is 4.79 Å². The number of hydrogen-bond acceptors (Lipinski definition) is 6. The Kier molecular flexibility index (Phi) is 5.89. The van der Waals surface area contributed by atoms with Crippen molar-refractivity contribution >= 4 is 35.0 Å². The van der Waals surface area contributed by atoms with Crippen LogP contribution in [0.1, 0.15) is 0 Å². The fourth-order valence-electron chi connectivity index (χ4n) is 1.70. The lowest BCUT2D eigenvalue weighted by molar-refractivity contribution is -0.113. The molecule has 0 unspecified atom stereocenters. The topological polar surface area (TPSA) is 93.3 Å². The number of nitrogens with zero attached hydrogens (tertiary/aromatic N) is 1. The second-order valence-corrected chi connectivity index (χ2v) is 5.63. The van der Waals surface area contributed by atoms with Crippen LogP contribution >= 0.6 is 23.4 Å². The summed E-state index contributed by atoms with van der Waals surface area (Å²) in [6, 6.07) is 4.43. The highest BCUT2D eigenvalue weighted by molar-refractivity contribution is 7.99. The van der Waals surface area contributed by atoms with Crippen LogP contribution in [0.3, 0.4) is 0 Å². The van der Waals surface area contributed by atoms with Crippen molar-refractivity contribution in [2.24, 2.45) is 0 Å². The van der Waals surface area contributed by atoms with E-state index >= 15 is 0 Å². The predicted molar refractivity (Wildman–Crippen MR) is 88.8 cm³/mol. The lowest BCUT2D eigenvalue weighted by Crippen LogP contribution is -2.15. The van der Waals surface area contributed by atoms with E-state index in [9.17, 15) is 9.59 Å². The molecule has 2 rings (SSSR count). The molecule has 0 spiro atoms. The molecule has 0 aliphatic carbocycles. The minimum Gasteiger partial charge on any atom is -0.495 e. The number of benzene rings is 1. The SMILES string of the molecule is COc1cc(OC)c(NC(=O)CSc2nccc(=O)[nH]2)cc1Cl. The highest BCUT2D eigenvalue weighted by Gasteiger charge is 2.13. The van der Waals surface area contributed by atoms with Gasteiger partial charge in [0.1, 0.15) is 11.5 Å². The highest BCUT2D eigenvalue weighted by atomic mass is 35.5. The van der Waals surface area contributed by atoms with Gasteiger partial charge in [-0.3, -0.25) is 9.59 Å². The summed E-state index contributed by atoms with van der Waals surface area (Å²) in [5.41, 5.74) is 0.157. The van der Waals surface area contributed by atoms with Gasteiger partial charge in [0.05, 0.1) is 30.7 Å². The van der Waals surface area contributed by atoms with Gasteiger partial charge in [0.25, 0.3) is 5.56 Å². The molecule has 0 radical (unpaired) electrons. The van der Waals surface area contributed by atoms with Gasteiger partial charge in [-0.25, -0.2) is 4.98 Å². The smallest absolute Gasteiger partial charge is 0.251 e. The first-order valence-electron chi connectivity index (χ1n) is 6.43. The molecule has 122 valence electrons. The average Bonchev–Trinajstić information content (AvgIpc) is 2.53. The molecule has 9 heteroatoms. The van der Waals surface area contributed by atoms with Crippen molar-refractivity contribution in [1.82, 2.24) is 9.97 Å². The van der Waals surface area contributed by atoms with Gasteiger partial charge in [-0.1, -0.05) is 23.4 Å². The summed E-state index contributed by atoms with van der Waals surface area (Å²) >= 11 is 7.16. The minimum absolute atomic E-state index is 0.0692. The number of nitrogens with one attached hydrogen (secondary N) is 2. The molecule has 0 bridgehead atoms. The van der Waals surface area contributed by atoms with Crippen LogP contribution in [0.5, 0.6) is 11.5 Å². The number of H-pyrrole nitrogens is 1. The van der Waals surface area contributed by atoms with E-state index in [2.05, 4.69) is 15.3 Å². The van der Waals surface area contributed by atoms with E-state index < -0.39 is 0 Å². The van der Waals surface area contributed by atoms with Gasteiger partial charge in [-0.05, 0) is 6.07 Å². The minimum atomic E-state index is -0.291. The van der Waals surface area contributed by atoms with E-state index in [4.69, 9.17) is 21.1 Å². The van der Waals surface area contributed by atoms with Crippen molar-refractivity contribution in [2.45, 2.75) is 5.16 Å². The lowest BCUT2D eigenvalue weighted by atomic mass is 10.2. The first-order chi connectivity index (χ1) is 11.0. The zero-order chi connectivity index (χ0) is 16.8. The van der Waals surface area contributed by atoms with Crippen LogP contribution in [0.25, 0.3) is 0 Å². The van der Waals surface area contributed by atoms with Gasteiger partial charge >= 0.3 is 0 Å². The van der Waals surface area contributed by atoms with Crippen molar-refractivity contribution in [3.8, 4) is 11.5 Å². The zero-order valence-electron chi connectivity index (χ0n) is 12.4. The monoisotopic (exact) mass is 355 g/mol. The molecule has 1 aromatic heterocycles. The molecule has 0 saturated carbocycles. The molecule has 0 saturated heterocycles. The number of ether oxygens (including phenoxy) is 2. The molecule has 1 aromatic carbocycles. The number of methoxy groups -OCH3 is 2. The molecule has 1 amide bonds. The maximum absolute atomic E-state index is 12.0. The van der Waals surface area contributed by atoms with Crippen molar-refractivity contribution in [1.29, 1.82) is 0 Å². The maximum Gasteiger partial charge on any atom is 0.251 e. The summed E-state index contributed by atoms with van der Waals surface area (Å²) in [6.07, 6.45) is 1.38. The van der Waals surface area contributed by atoms with Crippen LogP contribution in [0.2, 0.25) is 5.02 Å². The molecular weight excluding hydrogens is 342 g/mol. The Morgan fingerprint density at radius 2 is 2.09 bits per heavy atom. The number of thioether (sulfide) groups is 1. The summed E-state index contributed by atoms with van der Waals surface area (Å²) in [7, 11) is 2.97. The van der Waals surface area contributed by atoms with Gasteiger partial charge in [0, 0.05) is 18.3 Å². The van der Waals surface area contributed by atoms with Gasteiger partial charge in [0.2, 0.25) is 5.91 Å². The van der Waals surface area contributed by atoms with E-state index in [1.54, 1.807) is 12.1 Å². The third-order valence-corrected chi connectivity index (χ3v) is 3.92. The Labute approximate surface area is 141 Å². The fourth-order valence-corrected chi connectivity index (χ4v) is 2.59. The lowest BCUT2D eigenvalue weighted by Gasteiger charge is -2.12. The van der Waals surface area contributed by atoms with Crippen molar-refractivity contribution in [3.63, 3.8) is 0 Å². The summed E-state index contributed by atoms with van der Waals surface area (Å²) in [4.78, 5) is 29.7. The molecule has 2 aromatic rings. The number of halogens is 1. The Morgan fingerprint density at radius 3 is 2.74 bits per heavy atom. The van der Waals surface area contributed by atoms with E-state index in [1.807, 2.05) is 0 Å². The first-order valence-corrected chi connectivity index (χ1v) is 7.79. The number of aromatic nitrogens is 2. The summed E-state index contributed by atoms with van der Waals surface area (Å²) in [6.45, 7) is 0. The Balaban J connectivity index is 2.05. The van der Waals surface area contributed by atoms with Crippen LogP contribution in [0.4, 0.5) is 5.69 Å². The van der Waals surface area contributed by atoms with E-state index in [0.29, 0.717) is 27.4 Å². The first kappa shape index (κ1) is 17.2. The number of anilines is 1. The Hall–Kier alpha value is -2.19. The third kappa shape index (κ3) is 4.64. The molecule has 0 atom stereocenters. The number of aromatic amines is 1. The summed E-state index contributed by atoms with van der Waals surface area (Å²) in [5, 5.41) is 3.41. The van der Waals surface area contributed by atoms with Crippen molar-refractivity contribution < 1.29 is 14.3 Å². The standard InChI is InChI=1S/C14H14ClN3O4S/c1-21-10-6-11(22-2)9(5-8(10)15)17-13(20)7-23-14-16-4-3-12(19)18-14/h3-6H,7H2,1-2H3,(H,17,20)(H,16,18,19). The predicted octanol–water partition coefficient (Wildman–Crippen LogP) is 2.17. The molecule has 0 aliphatic heterocycles. The van der Waals surface area contributed by atoms with Crippen LogP contribution < -0.4 is 20.3 Å². The van der Waals surface area contributed by atoms with Crippen LogP contribution in [-0.4, -0.2) is 35.8 Å². The van der Waals surface area contributed by atoms with Gasteiger partial charge < -0.3 is 19.8 Å². The van der Waals surface area contributed by atoms with Crippen molar-refractivity contribution in [3.05, 3.63) is 39.8 Å². The molecule has 7 nitrogen and oxygen atoms in total. The van der Waals surface area contributed by atoms with E-state index in [-0.39, 0.29) is 17.2 Å². The summed E-state index contributed by atoms with van der Waals surface area (Å²) < 4.78 is 10.3. The number of carbonyl (C=O) groups excluding carboxylic acids is 1. The molecule has 0 fully saturated rings. The largest absolute Gasteiger partial charge is 0.495 e. The van der Waals surface area contributed by atoms with Crippen LogP contribution in [0.15, 0.2) is 34.3 Å². The van der Waals surface area contributed by atoms with E-state index in [0.717, 1.165) is 11.8 Å².